The molecule has 1 saturated heterocycles. The van der Waals surface area contributed by atoms with Crippen LogP contribution in [0.4, 0.5) is 13.2 Å². The molecule has 1 atom stereocenters. The zero-order valence-corrected chi connectivity index (χ0v) is 13.1. The smallest absolute Gasteiger partial charge is 0.352 e. The van der Waals surface area contributed by atoms with E-state index in [0.29, 0.717) is 6.04 Å². The number of carbonyl (C=O) groups is 1. The highest BCUT2D eigenvalue weighted by atomic mass is 19.4. The first kappa shape index (κ1) is 17.6. The lowest BCUT2D eigenvalue weighted by atomic mass is 9.99. The molecule has 1 saturated carbocycles. The monoisotopic (exact) mass is 320 g/mol. The van der Waals surface area contributed by atoms with E-state index in [4.69, 9.17) is 0 Å². The Morgan fingerprint density at radius 3 is 2.36 bits per heavy atom. The molecule has 0 aromatic heterocycles. The van der Waals surface area contributed by atoms with E-state index < -0.39 is 24.9 Å². The van der Waals surface area contributed by atoms with Crippen LogP contribution in [-0.4, -0.2) is 42.2 Å². The Hall–Kier alpha value is -0.780. The summed E-state index contributed by atoms with van der Waals surface area (Å²) in [6, 6.07) is 0.607. The summed E-state index contributed by atoms with van der Waals surface area (Å²) < 4.78 is 36.4. The molecule has 0 spiro atoms. The van der Waals surface area contributed by atoms with Gasteiger partial charge in [0, 0.05) is 25.0 Å². The van der Waals surface area contributed by atoms with Crippen LogP contribution in [0.25, 0.3) is 0 Å². The first-order valence-corrected chi connectivity index (χ1v) is 8.54. The van der Waals surface area contributed by atoms with Gasteiger partial charge in [0.05, 0.1) is 6.42 Å². The van der Waals surface area contributed by atoms with Crippen molar-refractivity contribution in [2.75, 3.05) is 13.1 Å². The minimum atomic E-state index is -4.25. The Bertz CT molecular complexity index is 352. The molecule has 128 valence electrons. The highest BCUT2D eigenvalue weighted by molar-refractivity contribution is 5.76. The van der Waals surface area contributed by atoms with Gasteiger partial charge in [-0.3, -0.25) is 9.69 Å². The van der Waals surface area contributed by atoms with E-state index >= 15 is 0 Å². The second-order valence-corrected chi connectivity index (χ2v) is 6.66. The largest absolute Gasteiger partial charge is 0.389 e. The Labute approximate surface area is 130 Å². The number of halogens is 3. The van der Waals surface area contributed by atoms with E-state index in [-0.39, 0.29) is 6.04 Å². The van der Waals surface area contributed by atoms with Crippen LogP contribution in [0.2, 0.25) is 0 Å². The fourth-order valence-electron chi connectivity index (χ4n) is 3.63. The van der Waals surface area contributed by atoms with Crippen molar-refractivity contribution in [1.82, 2.24) is 10.2 Å². The van der Waals surface area contributed by atoms with E-state index in [2.05, 4.69) is 10.2 Å². The second kappa shape index (κ2) is 8.18. The van der Waals surface area contributed by atoms with Crippen molar-refractivity contribution in [2.24, 2.45) is 0 Å². The zero-order chi connectivity index (χ0) is 16.0. The van der Waals surface area contributed by atoms with Gasteiger partial charge in [0.2, 0.25) is 5.91 Å². The maximum atomic E-state index is 12.1. The third kappa shape index (κ3) is 6.15. The first-order chi connectivity index (χ1) is 10.4. The van der Waals surface area contributed by atoms with Gasteiger partial charge in [-0.1, -0.05) is 25.7 Å². The number of likely N-dealkylation sites (tertiary alicyclic amines) is 1. The summed E-state index contributed by atoms with van der Waals surface area (Å²) in [4.78, 5) is 14.1. The lowest BCUT2D eigenvalue weighted by molar-refractivity contribution is -0.144. The lowest BCUT2D eigenvalue weighted by Crippen LogP contribution is -2.51. The summed E-state index contributed by atoms with van der Waals surface area (Å²) in [5.74, 6) is -0.468. The van der Waals surface area contributed by atoms with Crippen molar-refractivity contribution in [3.05, 3.63) is 0 Å². The molecule has 3 nitrogen and oxygen atoms in total. The normalized spacial score (nSPS) is 25.7. The highest BCUT2D eigenvalue weighted by Gasteiger charge is 2.30. The molecule has 0 unspecified atom stereocenters. The average Bonchev–Trinajstić information content (AvgIpc) is 2.74. The van der Waals surface area contributed by atoms with Gasteiger partial charge in [0.15, 0.2) is 0 Å². The Morgan fingerprint density at radius 1 is 1.05 bits per heavy atom. The number of rotatable bonds is 4. The third-order valence-corrected chi connectivity index (χ3v) is 4.79. The molecule has 2 rings (SSSR count). The fraction of sp³-hybridized carbons (Fsp3) is 0.938. The highest BCUT2D eigenvalue weighted by Crippen LogP contribution is 2.25. The number of hydrogen-bond donors (Lipinski definition) is 1. The molecule has 22 heavy (non-hydrogen) atoms. The van der Waals surface area contributed by atoms with E-state index in [0.717, 1.165) is 25.9 Å². The van der Waals surface area contributed by atoms with Gasteiger partial charge in [0.25, 0.3) is 0 Å². The van der Waals surface area contributed by atoms with Crippen molar-refractivity contribution < 1.29 is 18.0 Å². The number of amides is 1. The predicted octanol–water partition coefficient (Wildman–Crippen LogP) is 3.63. The molecular formula is C16H27F3N2O. The predicted molar refractivity (Wildman–Crippen MR) is 79.5 cm³/mol. The van der Waals surface area contributed by atoms with Crippen LogP contribution in [0.5, 0.6) is 0 Å². The number of nitrogens with zero attached hydrogens (tertiary/aromatic N) is 1. The molecule has 0 radical (unpaired) electrons. The Balaban J connectivity index is 1.76. The number of carbonyl (C=O) groups excluding carboxylic acids is 1. The standard InChI is InChI=1S/C16H27F3N2O/c17-16(18,19)10-9-15(22)20-13-6-5-11-21(12-13)14-7-3-1-2-4-8-14/h13-14H,1-12H2,(H,20,22)/t13-/m0/s1. The van der Waals surface area contributed by atoms with Crippen LogP contribution in [0.1, 0.15) is 64.2 Å². The average molecular weight is 320 g/mol. The maximum absolute atomic E-state index is 12.1. The van der Waals surface area contributed by atoms with Crippen LogP contribution in [-0.2, 0) is 4.79 Å². The van der Waals surface area contributed by atoms with Gasteiger partial charge in [-0.25, -0.2) is 0 Å². The molecule has 2 aliphatic rings. The first-order valence-electron chi connectivity index (χ1n) is 8.54. The van der Waals surface area contributed by atoms with Crippen LogP contribution in [0.3, 0.4) is 0 Å². The minimum absolute atomic E-state index is 0.0118. The van der Waals surface area contributed by atoms with E-state index in [1.165, 1.54) is 38.5 Å². The molecule has 1 heterocycles. The molecular weight excluding hydrogens is 293 g/mol. The summed E-state index contributed by atoms with van der Waals surface area (Å²) in [5.41, 5.74) is 0. The van der Waals surface area contributed by atoms with Gasteiger partial charge in [-0.2, -0.15) is 13.2 Å². The summed E-state index contributed by atoms with van der Waals surface area (Å²) in [7, 11) is 0. The van der Waals surface area contributed by atoms with Crippen molar-refractivity contribution in [2.45, 2.75) is 82.5 Å². The van der Waals surface area contributed by atoms with Crippen LogP contribution in [0.15, 0.2) is 0 Å². The van der Waals surface area contributed by atoms with Gasteiger partial charge >= 0.3 is 6.18 Å². The van der Waals surface area contributed by atoms with Crippen molar-refractivity contribution >= 4 is 5.91 Å². The van der Waals surface area contributed by atoms with E-state index in [9.17, 15) is 18.0 Å². The van der Waals surface area contributed by atoms with Crippen molar-refractivity contribution in [3.8, 4) is 0 Å². The molecule has 1 aliphatic heterocycles. The molecule has 6 heteroatoms. The lowest BCUT2D eigenvalue weighted by Gasteiger charge is -2.38. The third-order valence-electron chi connectivity index (χ3n) is 4.79. The fourth-order valence-corrected chi connectivity index (χ4v) is 3.63. The van der Waals surface area contributed by atoms with Gasteiger partial charge in [-0.15, -0.1) is 0 Å². The quantitative estimate of drug-likeness (QED) is 0.802. The number of nitrogens with one attached hydrogen (secondary N) is 1. The van der Waals surface area contributed by atoms with Crippen LogP contribution < -0.4 is 5.32 Å². The second-order valence-electron chi connectivity index (χ2n) is 6.66. The van der Waals surface area contributed by atoms with E-state index in [1.807, 2.05) is 0 Å². The number of hydrogen-bond acceptors (Lipinski definition) is 2. The van der Waals surface area contributed by atoms with Gasteiger partial charge in [-0.05, 0) is 32.2 Å². The molecule has 0 aromatic rings. The van der Waals surface area contributed by atoms with Gasteiger partial charge in [0.1, 0.15) is 0 Å². The molecule has 0 bridgehead atoms. The molecule has 1 N–H and O–H groups in total. The van der Waals surface area contributed by atoms with Crippen molar-refractivity contribution in [3.63, 3.8) is 0 Å². The summed E-state index contributed by atoms with van der Waals surface area (Å²) in [5, 5.41) is 2.80. The minimum Gasteiger partial charge on any atom is -0.352 e. The number of piperidine rings is 1. The molecule has 0 aromatic carbocycles. The Kier molecular flexibility index (Phi) is 6.53. The van der Waals surface area contributed by atoms with Crippen molar-refractivity contribution in [1.29, 1.82) is 0 Å². The van der Waals surface area contributed by atoms with Crippen LogP contribution >= 0.6 is 0 Å². The van der Waals surface area contributed by atoms with E-state index in [1.54, 1.807) is 0 Å². The van der Waals surface area contributed by atoms with Gasteiger partial charge < -0.3 is 5.32 Å². The van der Waals surface area contributed by atoms with Crippen LogP contribution in [0, 0.1) is 0 Å². The zero-order valence-electron chi connectivity index (χ0n) is 13.1. The summed E-state index contributed by atoms with van der Waals surface area (Å²) >= 11 is 0. The maximum Gasteiger partial charge on any atom is 0.389 e. The number of alkyl halides is 3. The topological polar surface area (TPSA) is 32.3 Å². The molecule has 2 fully saturated rings. The summed E-state index contributed by atoms with van der Waals surface area (Å²) in [6.07, 6.45) is 3.74. The Morgan fingerprint density at radius 2 is 1.73 bits per heavy atom. The summed E-state index contributed by atoms with van der Waals surface area (Å²) in [6.45, 7) is 1.85. The SMILES string of the molecule is O=C(CCC(F)(F)F)N[C@H]1CCCN(C2CCCCCC2)C1. The molecule has 1 aliphatic carbocycles. The molecule has 1 amide bonds.